The minimum absolute atomic E-state index is 0.468. The van der Waals surface area contributed by atoms with Gasteiger partial charge >= 0.3 is 0 Å². The van der Waals surface area contributed by atoms with Crippen LogP contribution in [0.3, 0.4) is 0 Å². The summed E-state index contributed by atoms with van der Waals surface area (Å²) in [5.41, 5.74) is 1.79. The van der Waals surface area contributed by atoms with Crippen molar-refractivity contribution in [3.05, 3.63) is 56.5 Å². The lowest BCUT2D eigenvalue weighted by Gasteiger charge is -2.08. The Morgan fingerprint density at radius 1 is 1.00 bits per heavy atom. The molecule has 1 aromatic carbocycles. The lowest BCUT2D eigenvalue weighted by molar-refractivity contribution is 1.31. The van der Waals surface area contributed by atoms with Crippen molar-refractivity contribution < 1.29 is 0 Å². The standard InChI is InChI=1S/C14H7Cl2IN2/c15-11-4-2-1-3-9(11)14-13(17)10-7-18-12(16)5-8(10)6-19-14/h1-7H. The van der Waals surface area contributed by atoms with Gasteiger partial charge in [0.1, 0.15) is 5.15 Å². The maximum absolute atomic E-state index is 6.23. The van der Waals surface area contributed by atoms with E-state index in [1.54, 1.807) is 12.4 Å². The summed E-state index contributed by atoms with van der Waals surface area (Å²) in [7, 11) is 0. The lowest BCUT2D eigenvalue weighted by atomic mass is 10.1. The third-order valence-electron chi connectivity index (χ3n) is 2.81. The predicted molar refractivity (Wildman–Crippen MR) is 87.7 cm³/mol. The van der Waals surface area contributed by atoms with Crippen molar-refractivity contribution in [1.29, 1.82) is 0 Å². The molecule has 2 aromatic heterocycles. The molecule has 5 heteroatoms. The molecule has 2 nitrogen and oxygen atoms in total. The van der Waals surface area contributed by atoms with Gasteiger partial charge in [-0.15, -0.1) is 0 Å². The lowest BCUT2D eigenvalue weighted by Crippen LogP contribution is -1.91. The number of hydrogen-bond acceptors (Lipinski definition) is 2. The molecule has 3 aromatic rings. The highest BCUT2D eigenvalue weighted by Crippen LogP contribution is 2.33. The van der Waals surface area contributed by atoms with E-state index in [0.29, 0.717) is 10.2 Å². The van der Waals surface area contributed by atoms with E-state index in [2.05, 4.69) is 32.6 Å². The van der Waals surface area contributed by atoms with Crippen molar-refractivity contribution in [2.24, 2.45) is 0 Å². The molecular weight excluding hydrogens is 394 g/mol. The van der Waals surface area contributed by atoms with Crippen LogP contribution >= 0.6 is 45.8 Å². The van der Waals surface area contributed by atoms with Crippen LogP contribution in [0, 0.1) is 3.57 Å². The summed E-state index contributed by atoms with van der Waals surface area (Å²) in [4.78, 5) is 8.63. The second-order valence-electron chi connectivity index (χ2n) is 3.99. The van der Waals surface area contributed by atoms with Crippen molar-refractivity contribution in [3.8, 4) is 11.3 Å². The molecule has 0 bridgehead atoms. The highest BCUT2D eigenvalue weighted by atomic mass is 127. The van der Waals surface area contributed by atoms with Gasteiger partial charge < -0.3 is 0 Å². The van der Waals surface area contributed by atoms with Crippen molar-refractivity contribution in [3.63, 3.8) is 0 Å². The van der Waals surface area contributed by atoms with Gasteiger partial charge in [-0.2, -0.15) is 0 Å². The topological polar surface area (TPSA) is 25.8 Å². The molecule has 0 spiro atoms. The van der Waals surface area contributed by atoms with E-state index in [1.165, 1.54) is 0 Å². The summed E-state index contributed by atoms with van der Waals surface area (Å²) in [6.45, 7) is 0. The van der Waals surface area contributed by atoms with Crippen LogP contribution in [-0.4, -0.2) is 9.97 Å². The number of fused-ring (bicyclic) bond motifs is 1. The van der Waals surface area contributed by atoms with Gasteiger partial charge in [-0.3, -0.25) is 4.98 Å². The molecule has 0 saturated carbocycles. The molecule has 19 heavy (non-hydrogen) atoms. The number of benzene rings is 1. The Morgan fingerprint density at radius 3 is 2.58 bits per heavy atom. The summed E-state index contributed by atoms with van der Waals surface area (Å²) in [6, 6.07) is 9.48. The number of rotatable bonds is 1. The zero-order valence-corrected chi connectivity index (χ0v) is 13.2. The van der Waals surface area contributed by atoms with Crippen molar-refractivity contribution in [2.45, 2.75) is 0 Å². The Hall–Kier alpha value is -0.910. The van der Waals surface area contributed by atoms with Gasteiger partial charge in [0, 0.05) is 37.3 Å². The van der Waals surface area contributed by atoms with Crippen molar-refractivity contribution >= 4 is 56.6 Å². The van der Waals surface area contributed by atoms with E-state index in [1.807, 2.05) is 30.3 Å². The number of hydrogen-bond donors (Lipinski definition) is 0. The number of nitrogens with zero attached hydrogens (tertiary/aromatic N) is 2. The minimum Gasteiger partial charge on any atom is -0.254 e. The third-order valence-corrected chi connectivity index (χ3v) is 4.44. The molecule has 3 rings (SSSR count). The number of halogens is 3. The summed E-state index contributed by atoms with van der Waals surface area (Å²) in [6.07, 6.45) is 3.56. The largest absolute Gasteiger partial charge is 0.254 e. The average molecular weight is 401 g/mol. The van der Waals surface area contributed by atoms with Crippen LogP contribution in [0.5, 0.6) is 0 Å². The summed E-state index contributed by atoms with van der Waals surface area (Å²) < 4.78 is 1.02. The van der Waals surface area contributed by atoms with E-state index in [9.17, 15) is 0 Å². The van der Waals surface area contributed by atoms with Crippen LogP contribution in [0.4, 0.5) is 0 Å². The van der Waals surface area contributed by atoms with Crippen LogP contribution < -0.4 is 0 Å². The van der Waals surface area contributed by atoms with Crippen molar-refractivity contribution in [2.75, 3.05) is 0 Å². The highest BCUT2D eigenvalue weighted by Gasteiger charge is 2.11. The quantitative estimate of drug-likeness (QED) is 0.414. The highest BCUT2D eigenvalue weighted by molar-refractivity contribution is 14.1. The monoisotopic (exact) mass is 400 g/mol. The molecule has 2 heterocycles. The van der Waals surface area contributed by atoms with Gasteiger partial charge in [0.2, 0.25) is 0 Å². The molecule has 94 valence electrons. The summed E-state index contributed by atoms with van der Waals surface area (Å²) in [5.74, 6) is 0. The van der Waals surface area contributed by atoms with Gasteiger partial charge in [0.05, 0.1) is 5.69 Å². The number of pyridine rings is 2. The first kappa shape index (κ1) is 13.1. The molecule has 0 saturated heterocycles. The molecule has 0 N–H and O–H groups in total. The zero-order chi connectivity index (χ0) is 13.4. The SMILES string of the molecule is Clc1cc2cnc(-c3ccccc3Cl)c(I)c2cn1. The second kappa shape index (κ2) is 5.23. The minimum atomic E-state index is 0.468. The molecule has 0 radical (unpaired) electrons. The fraction of sp³-hybridized carbons (Fsp3) is 0. The van der Waals surface area contributed by atoms with Gasteiger partial charge in [-0.25, -0.2) is 4.98 Å². The van der Waals surface area contributed by atoms with E-state index in [4.69, 9.17) is 23.2 Å². The molecule has 0 aliphatic rings. The third kappa shape index (κ3) is 2.42. The van der Waals surface area contributed by atoms with Gasteiger partial charge in [0.25, 0.3) is 0 Å². The van der Waals surface area contributed by atoms with E-state index >= 15 is 0 Å². The fourth-order valence-corrected chi connectivity index (χ4v) is 3.17. The van der Waals surface area contributed by atoms with Crippen LogP contribution in [0.25, 0.3) is 22.0 Å². The predicted octanol–water partition coefficient (Wildman–Crippen LogP) is 5.21. The molecule has 0 aliphatic carbocycles. The Bertz CT molecular complexity index is 774. The summed E-state index contributed by atoms with van der Waals surface area (Å²) >= 11 is 14.4. The molecular formula is C14H7Cl2IN2. The Labute approximate surface area is 133 Å². The van der Waals surface area contributed by atoms with Crippen LogP contribution in [0.2, 0.25) is 10.2 Å². The Kier molecular flexibility index (Phi) is 3.60. The molecule has 0 fully saturated rings. The normalized spacial score (nSPS) is 10.9. The zero-order valence-electron chi connectivity index (χ0n) is 9.57. The maximum atomic E-state index is 6.23. The van der Waals surface area contributed by atoms with Gasteiger partial charge in [0.15, 0.2) is 0 Å². The van der Waals surface area contributed by atoms with Crippen molar-refractivity contribution in [1.82, 2.24) is 9.97 Å². The first-order valence-corrected chi connectivity index (χ1v) is 7.35. The Balaban J connectivity index is 2.29. The van der Waals surface area contributed by atoms with E-state index in [0.717, 1.165) is 25.6 Å². The van der Waals surface area contributed by atoms with E-state index < -0.39 is 0 Å². The second-order valence-corrected chi connectivity index (χ2v) is 5.87. The first-order valence-electron chi connectivity index (χ1n) is 5.51. The van der Waals surface area contributed by atoms with E-state index in [-0.39, 0.29) is 0 Å². The van der Waals surface area contributed by atoms with Crippen LogP contribution in [-0.2, 0) is 0 Å². The number of aromatic nitrogens is 2. The van der Waals surface area contributed by atoms with Crippen LogP contribution in [0.1, 0.15) is 0 Å². The fourth-order valence-electron chi connectivity index (χ4n) is 1.89. The molecule has 0 atom stereocenters. The maximum Gasteiger partial charge on any atom is 0.129 e. The smallest absolute Gasteiger partial charge is 0.129 e. The first-order chi connectivity index (χ1) is 9.16. The molecule has 0 aliphatic heterocycles. The molecule has 0 amide bonds. The molecule has 0 unspecified atom stereocenters. The van der Waals surface area contributed by atoms with Gasteiger partial charge in [-0.05, 0) is 34.7 Å². The summed E-state index contributed by atoms with van der Waals surface area (Å²) in [5, 5.41) is 3.15. The van der Waals surface area contributed by atoms with Crippen LogP contribution in [0.15, 0.2) is 42.7 Å². The average Bonchev–Trinajstić information content (AvgIpc) is 2.40. The van der Waals surface area contributed by atoms with Gasteiger partial charge in [-0.1, -0.05) is 41.4 Å². The Morgan fingerprint density at radius 2 is 1.79 bits per heavy atom.